The van der Waals surface area contributed by atoms with E-state index in [-0.39, 0.29) is 11.9 Å². The largest absolute Gasteiger partial charge is 0.352 e. The van der Waals surface area contributed by atoms with Crippen LogP contribution < -0.4 is 5.32 Å². The smallest absolute Gasteiger partial charge is 0.222 e. The summed E-state index contributed by atoms with van der Waals surface area (Å²) in [4.78, 5) is 12.3. The molecule has 0 fully saturated rings. The van der Waals surface area contributed by atoms with Crippen LogP contribution in [0.15, 0.2) is 48.5 Å². The summed E-state index contributed by atoms with van der Waals surface area (Å²) < 4.78 is 3.57. The van der Waals surface area contributed by atoms with Crippen LogP contribution in [0.4, 0.5) is 0 Å². The Morgan fingerprint density at radius 3 is 2.23 bits per heavy atom. The van der Waals surface area contributed by atoms with Crippen LogP contribution in [0.1, 0.15) is 13.3 Å². The van der Waals surface area contributed by atoms with Gasteiger partial charge < -0.3 is 5.32 Å². The second-order valence-electron chi connectivity index (χ2n) is 6.28. The predicted octanol–water partition coefficient (Wildman–Crippen LogP) is 1.77. The predicted molar refractivity (Wildman–Crippen MR) is 97.3 cm³/mol. The molecule has 8 nitrogen and oxygen atoms in total. The summed E-state index contributed by atoms with van der Waals surface area (Å²) in [5.74, 6) is -0.0264. The SMILES string of the molecule is C[C@@H](Cn1nnc2ccccc21)NC(=O)CCn1nnc2ccccc21. The van der Waals surface area contributed by atoms with Gasteiger partial charge in [0.1, 0.15) is 11.0 Å². The van der Waals surface area contributed by atoms with E-state index in [0.29, 0.717) is 19.5 Å². The van der Waals surface area contributed by atoms with Gasteiger partial charge in [0.15, 0.2) is 0 Å². The van der Waals surface area contributed by atoms with Crippen LogP contribution in [0.3, 0.4) is 0 Å². The van der Waals surface area contributed by atoms with E-state index in [1.165, 1.54) is 0 Å². The molecule has 0 aliphatic carbocycles. The highest BCUT2D eigenvalue weighted by Crippen LogP contribution is 2.11. The lowest BCUT2D eigenvalue weighted by Gasteiger charge is -2.14. The Balaban J connectivity index is 1.34. The van der Waals surface area contributed by atoms with Crippen molar-refractivity contribution in [2.24, 2.45) is 0 Å². The summed E-state index contributed by atoms with van der Waals surface area (Å²) >= 11 is 0. The van der Waals surface area contributed by atoms with Gasteiger partial charge in [-0.3, -0.25) is 4.79 Å². The summed E-state index contributed by atoms with van der Waals surface area (Å²) in [5, 5.41) is 19.5. The van der Waals surface area contributed by atoms with Crippen molar-refractivity contribution in [3.8, 4) is 0 Å². The second kappa shape index (κ2) is 6.91. The Kier molecular flexibility index (Phi) is 4.30. The third-order valence-corrected chi connectivity index (χ3v) is 4.25. The Morgan fingerprint density at radius 2 is 1.54 bits per heavy atom. The van der Waals surface area contributed by atoms with E-state index in [0.717, 1.165) is 22.1 Å². The second-order valence-corrected chi connectivity index (χ2v) is 6.28. The highest BCUT2D eigenvalue weighted by molar-refractivity contribution is 5.77. The first-order chi connectivity index (χ1) is 12.7. The maximum Gasteiger partial charge on any atom is 0.222 e. The number of carbonyl (C=O) groups is 1. The van der Waals surface area contributed by atoms with E-state index in [9.17, 15) is 4.79 Å². The van der Waals surface area contributed by atoms with Crippen LogP contribution in [0.2, 0.25) is 0 Å². The number of rotatable bonds is 6. The Hall–Kier alpha value is -3.29. The van der Waals surface area contributed by atoms with E-state index in [1.54, 1.807) is 4.68 Å². The molecule has 0 unspecified atom stereocenters. The average Bonchev–Trinajstić information content (AvgIpc) is 3.24. The van der Waals surface area contributed by atoms with E-state index < -0.39 is 0 Å². The van der Waals surface area contributed by atoms with E-state index in [2.05, 4.69) is 25.9 Å². The van der Waals surface area contributed by atoms with Gasteiger partial charge in [0.25, 0.3) is 0 Å². The molecular weight excluding hydrogens is 330 g/mol. The quantitative estimate of drug-likeness (QED) is 0.573. The van der Waals surface area contributed by atoms with E-state index in [4.69, 9.17) is 0 Å². The van der Waals surface area contributed by atoms with Crippen molar-refractivity contribution in [2.45, 2.75) is 32.5 Å². The summed E-state index contributed by atoms with van der Waals surface area (Å²) in [6.45, 7) is 3.02. The van der Waals surface area contributed by atoms with Crippen molar-refractivity contribution < 1.29 is 4.79 Å². The van der Waals surface area contributed by atoms with Gasteiger partial charge in [-0.15, -0.1) is 10.2 Å². The zero-order chi connectivity index (χ0) is 17.9. The minimum atomic E-state index is -0.0555. The minimum Gasteiger partial charge on any atom is -0.352 e. The van der Waals surface area contributed by atoms with Crippen molar-refractivity contribution in [3.63, 3.8) is 0 Å². The highest BCUT2D eigenvalue weighted by atomic mass is 16.1. The first kappa shape index (κ1) is 16.2. The molecule has 0 aliphatic heterocycles. The third kappa shape index (κ3) is 3.26. The van der Waals surface area contributed by atoms with Gasteiger partial charge in [-0.05, 0) is 31.2 Å². The molecule has 0 saturated carbocycles. The number of hydrogen-bond acceptors (Lipinski definition) is 5. The average molecular weight is 349 g/mol. The molecule has 8 heteroatoms. The molecule has 132 valence electrons. The summed E-state index contributed by atoms with van der Waals surface area (Å²) in [5.41, 5.74) is 3.58. The molecule has 1 N–H and O–H groups in total. The lowest BCUT2D eigenvalue weighted by molar-refractivity contribution is -0.122. The molecule has 2 aromatic heterocycles. The fourth-order valence-electron chi connectivity index (χ4n) is 2.99. The van der Waals surface area contributed by atoms with Gasteiger partial charge in [0, 0.05) is 12.5 Å². The van der Waals surface area contributed by atoms with Crippen molar-refractivity contribution >= 4 is 28.0 Å². The van der Waals surface area contributed by atoms with Crippen LogP contribution >= 0.6 is 0 Å². The van der Waals surface area contributed by atoms with Gasteiger partial charge in [0.2, 0.25) is 5.91 Å². The van der Waals surface area contributed by atoms with Gasteiger partial charge >= 0.3 is 0 Å². The fourth-order valence-corrected chi connectivity index (χ4v) is 2.99. The van der Waals surface area contributed by atoms with Crippen molar-refractivity contribution in [1.29, 1.82) is 0 Å². The molecule has 4 rings (SSSR count). The van der Waals surface area contributed by atoms with Crippen molar-refractivity contribution in [3.05, 3.63) is 48.5 Å². The van der Waals surface area contributed by atoms with Crippen LogP contribution in [0.5, 0.6) is 0 Å². The number of fused-ring (bicyclic) bond motifs is 2. The van der Waals surface area contributed by atoms with Gasteiger partial charge in [0.05, 0.1) is 24.1 Å². The van der Waals surface area contributed by atoms with E-state index >= 15 is 0 Å². The van der Waals surface area contributed by atoms with Crippen LogP contribution in [0, 0.1) is 0 Å². The van der Waals surface area contributed by atoms with E-state index in [1.807, 2.05) is 60.1 Å². The van der Waals surface area contributed by atoms with Gasteiger partial charge in [-0.1, -0.05) is 34.7 Å². The number of nitrogens with one attached hydrogen (secondary N) is 1. The monoisotopic (exact) mass is 349 g/mol. The van der Waals surface area contributed by atoms with Crippen molar-refractivity contribution in [1.82, 2.24) is 35.3 Å². The Bertz CT molecular complexity index is 1050. The number of aryl methyl sites for hydroxylation is 1. The summed E-state index contributed by atoms with van der Waals surface area (Å²) in [6.07, 6.45) is 0.343. The maximum atomic E-state index is 12.3. The molecule has 1 amide bonds. The lowest BCUT2D eigenvalue weighted by atomic mass is 10.2. The first-order valence-electron chi connectivity index (χ1n) is 8.56. The number of nitrogens with zero attached hydrogens (tertiary/aromatic N) is 6. The van der Waals surface area contributed by atoms with Crippen LogP contribution in [0.25, 0.3) is 22.1 Å². The third-order valence-electron chi connectivity index (χ3n) is 4.25. The van der Waals surface area contributed by atoms with Gasteiger partial charge in [-0.25, -0.2) is 9.36 Å². The fraction of sp³-hybridized carbons (Fsp3) is 0.278. The highest BCUT2D eigenvalue weighted by Gasteiger charge is 2.12. The number of hydrogen-bond donors (Lipinski definition) is 1. The molecule has 4 aromatic rings. The molecule has 0 spiro atoms. The number of aromatic nitrogens is 6. The molecule has 26 heavy (non-hydrogen) atoms. The normalized spacial score (nSPS) is 12.5. The topological polar surface area (TPSA) is 90.5 Å². The number of amides is 1. The zero-order valence-corrected chi connectivity index (χ0v) is 14.4. The molecule has 1 atom stereocenters. The lowest BCUT2D eigenvalue weighted by Crippen LogP contribution is -2.36. The number of benzene rings is 2. The number of carbonyl (C=O) groups excluding carboxylic acids is 1. The van der Waals surface area contributed by atoms with Crippen LogP contribution in [-0.4, -0.2) is 41.9 Å². The standard InChI is InChI=1S/C18H19N7O/c1-13(12-25-17-9-5-3-7-15(17)21-23-25)19-18(26)10-11-24-16-8-4-2-6-14(16)20-22-24/h2-9,13H,10-12H2,1H3,(H,19,26)/t13-/m0/s1. The van der Waals surface area contributed by atoms with Gasteiger partial charge in [-0.2, -0.15) is 0 Å². The van der Waals surface area contributed by atoms with Crippen LogP contribution in [-0.2, 0) is 17.9 Å². The summed E-state index contributed by atoms with van der Waals surface area (Å²) in [7, 11) is 0. The number of para-hydroxylation sites is 2. The molecule has 2 heterocycles. The molecule has 0 saturated heterocycles. The summed E-state index contributed by atoms with van der Waals surface area (Å²) in [6, 6.07) is 15.4. The minimum absolute atomic E-state index is 0.0264. The Labute approximate surface area is 149 Å². The molecular formula is C18H19N7O. The molecule has 2 aromatic carbocycles. The van der Waals surface area contributed by atoms with Crippen molar-refractivity contribution in [2.75, 3.05) is 0 Å². The molecule has 0 aliphatic rings. The molecule has 0 radical (unpaired) electrons. The first-order valence-corrected chi connectivity index (χ1v) is 8.56. The zero-order valence-electron chi connectivity index (χ0n) is 14.4. The Morgan fingerprint density at radius 1 is 0.962 bits per heavy atom. The molecule has 0 bridgehead atoms. The maximum absolute atomic E-state index is 12.3.